The first-order valence-corrected chi connectivity index (χ1v) is 31.0. The Hall–Kier alpha value is -2.42. The van der Waals surface area contributed by atoms with E-state index in [1.165, 1.54) is 0 Å². The lowest BCUT2D eigenvalue weighted by molar-refractivity contribution is -0.133. The smallest absolute Gasteiger partial charge is 0.225 e. The predicted molar refractivity (Wildman–Crippen MR) is 307 cm³/mol. The molecule has 0 aromatic heterocycles. The van der Waals surface area contributed by atoms with Crippen LogP contribution in [0.15, 0.2) is 15.4 Å². The number of ether oxygens (including phenoxy) is 12. The third kappa shape index (κ3) is 58.1. The van der Waals surface area contributed by atoms with Gasteiger partial charge in [-0.25, -0.2) is 0 Å². The second-order valence-corrected chi connectivity index (χ2v) is 18.8. The topological polar surface area (TPSA) is 281 Å². The van der Waals surface area contributed by atoms with Crippen LogP contribution in [0.3, 0.4) is 0 Å². The highest BCUT2D eigenvalue weighted by Crippen LogP contribution is 2.03. The number of oxime groups is 2. The van der Waals surface area contributed by atoms with Crippen LogP contribution in [0.1, 0.15) is 26.7 Å². The molecule has 0 unspecified atom stereocenters. The number of carbonyl (C=O) groups excluding carboxylic acids is 3. The molecule has 0 aliphatic carbocycles. The molecule has 0 rings (SSSR count). The lowest BCUT2D eigenvalue weighted by atomic mass is 10.3. The number of hydrogen-bond donors (Lipinski definition) is 2. The van der Waals surface area contributed by atoms with Crippen molar-refractivity contribution < 1.29 is 80.9 Å². The molecule has 0 aromatic carbocycles. The summed E-state index contributed by atoms with van der Waals surface area (Å²) in [5.41, 5.74) is 10.3. The maximum absolute atomic E-state index is 13.2. The highest BCUT2D eigenvalue weighted by atomic mass is 32.2. The van der Waals surface area contributed by atoms with Gasteiger partial charge in [-0.05, 0) is 30.6 Å². The number of carbonyl (C=O) groups is 3. The summed E-state index contributed by atoms with van der Waals surface area (Å²) in [6, 6.07) is 0. The molecule has 77 heavy (non-hydrogen) atoms. The maximum atomic E-state index is 13.2. The van der Waals surface area contributed by atoms with Crippen LogP contribution < -0.4 is 10.6 Å². The van der Waals surface area contributed by atoms with Gasteiger partial charge in [-0.3, -0.25) is 14.4 Å². The van der Waals surface area contributed by atoms with Gasteiger partial charge in [0, 0.05) is 73.5 Å². The van der Waals surface area contributed by atoms with Gasteiger partial charge in [0.05, 0.1) is 176 Å². The average molecular weight is 1180 g/mol. The maximum Gasteiger partial charge on any atom is 0.225 e. The molecule has 3 amide bonds. The molecule has 25 nitrogen and oxygen atoms in total. The van der Waals surface area contributed by atoms with E-state index in [0.29, 0.717) is 145 Å². The first kappa shape index (κ1) is 76.6. The van der Waals surface area contributed by atoms with E-state index in [2.05, 4.69) is 31.0 Å². The van der Waals surface area contributed by atoms with Gasteiger partial charge in [0.25, 0.3) is 0 Å². The van der Waals surface area contributed by atoms with Crippen molar-refractivity contribution in [2.45, 2.75) is 26.7 Å². The minimum atomic E-state index is -0.220. The lowest BCUT2D eigenvalue weighted by Crippen LogP contribution is -2.43. The number of rotatable bonds is 61. The second-order valence-electron chi connectivity index (χ2n) is 15.3. The van der Waals surface area contributed by atoms with E-state index < -0.39 is 0 Å². The average Bonchev–Trinajstić information content (AvgIpc) is 3.41. The normalized spacial score (nSPS) is 10.9. The van der Waals surface area contributed by atoms with E-state index in [1.807, 2.05) is 25.0 Å². The Morgan fingerprint density at radius 1 is 0.416 bits per heavy atom. The van der Waals surface area contributed by atoms with Crippen molar-refractivity contribution in [2.75, 3.05) is 253 Å². The van der Waals surface area contributed by atoms with Crippen LogP contribution in [-0.2, 0) is 80.9 Å². The highest BCUT2D eigenvalue weighted by Gasteiger charge is 2.15. The highest BCUT2D eigenvalue weighted by molar-refractivity contribution is 8.01. The molecule has 29 heteroatoms. The molecule has 0 saturated carbocycles. The fraction of sp³-hybridized carbons (Fsp3) is 0.896. The van der Waals surface area contributed by atoms with Gasteiger partial charge in [-0.1, -0.05) is 22.9 Å². The molecule has 0 bridgehead atoms. The molecule has 452 valence electrons. The zero-order valence-electron chi connectivity index (χ0n) is 45.6. The number of azide groups is 1. The van der Waals surface area contributed by atoms with E-state index in [4.69, 9.17) is 72.0 Å². The van der Waals surface area contributed by atoms with Gasteiger partial charge in [0.2, 0.25) is 17.7 Å². The van der Waals surface area contributed by atoms with Crippen LogP contribution in [0.2, 0.25) is 0 Å². The van der Waals surface area contributed by atoms with E-state index in [0.717, 1.165) is 34.4 Å². The molecule has 0 radical (unpaired) electrons. The van der Waals surface area contributed by atoms with Crippen molar-refractivity contribution in [1.29, 1.82) is 0 Å². The quantitative estimate of drug-likeness (QED) is 0.0220. The Morgan fingerprint density at radius 3 is 0.987 bits per heavy atom. The van der Waals surface area contributed by atoms with Gasteiger partial charge in [0.15, 0.2) is 0 Å². The summed E-state index contributed by atoms with van der Waals surface area (Å²) in [5.74, 6) is 2.76. The first-order valence-electron chi connectivity index (χ1n) is 25.5. The molecular formula is C48H94N8O17S4. The summed E-state index contributed by atoms with van der Waals surface area (Å²) in [6.45, 7) is 10.6. The van der Waals surface area contributed by atoms with Gasteiger partial charge in [0.1, 0.15) is 13.2 Å². The van der Waals surface area contributed by atoms with Gasteiger partial charge < -0.3 is 82.1 Å². The van der Waals surface area contributed by atoms with Crippen molar-refractivity contribution in [3.05, 3.63) is 10.4 Å². The molecule has 2 N–H and O–H groups in total. The van der Waals surface area contributed by atoms with E-state index in [1.54, 1.807) is 51.9 Å². The number of thioether (sulfide) groups is 4. The van der Waals surface area contributed by atoms with Crippen molar-refractivity contribution in [3.63, 3.8) is 0 Å². The van der Waals surface area contributed by atoms with Crippen molar-refractivity contribution in [1.82, 2.24) is 15.5 Å². The molecule has 0 fully saturated rings. The van der Waals surface area contributed by atoms with Crippen molar-refractivity contribution in [3.8, 4) is 0 Å². The monoisotopic (exact) mass is 1180 g/mol. The van der Waals surface area contributed by atoms with Crippen LogP contribution in [0.4, 0.5) is 0 Å². The van der Waals surface area contributed by atoms with Gasteiger partial charge in [-0.2, -0.15) is 47.0 Å². The molecule has 0 spiro atoms. The van der Waals surface area contributed by atoms with Crippen LogP contribution in [0, 0.1) is 0 Å². The number of hydrogen-bond acceptors (Lipinski definition) is 24. The van der Waals surface area contributed by atoms with Crippen molar-refractivity contribution in [2.24, 2.45) is 15.4 Å². The molecule has 0 aromatic rings. The Labute approximate surface area is 475 Å². The van der Waals surface area contributed by atoms with Crippen LogP contribution in [0.5, 0.6) is 0 Å². The van der Waals surface area contributed by atoms with Crippen molar-refractivity contribution >= 4 is 76.2 Å². The third-order valence-corrected chi connectivity index (χ3v) is 11.7. The standard InChI is InChI=1S/C47H90N8O17S4.CH4/c1-73-39-43(40-74-2)52-71-37-35-69-33-31-67-29-26-63-21-17-59-13-5-45(56)49-8-11-55(47(58)7-15-61-19-23-65-25-28-66-24-20-62-16-10-51-54-48)12-9-50-46(57)6-14-60-18-22-64-27-30-68-32-34-70-36-38-72-53-44(41-75-3)42-76-4;/h5-42H2,1-4H3,(H,49,56)(H,50,57);1H4. The fourth-order valence-electron chi connectivity index (χ4n) is 5.60. The lowest BCUT2D eigenvalue weighted by Gasteiger charge is -2.23. The third-order valence-electron chi connectivity index (χ3n) is 9.18. The van der Waals surface area contributed by atoms with Crippen LogP contribution in [0.25, 0.3) is 10.4 Å². The fourth-order valence-corrected chi connectivity index (χ4v) is 7.81. The predicted octanol–water partition coefficient (Wildman–Crippen LogP) is 3.56. The zero-order valence-corrected chi connectivity index (χ0v) is 48.9. The molecule has 0 aliphatic rings. The Balaban J connectivity index is 0. The molecular weight excluding hydrogens is 1090 g/mol. The Kier molecular flexibility index (Phi) is 64.1. The number of nitrogens with zero attached hydrogens (tertiary/aromatic N) is 6. The largest absolute Gasteiger partial charge is 0.393 e. The minimum absolute atomic E-state index is 0. The minimum Gasteiger partial charge on any atom is -0.393 e. The number of nitrogens with one attached hydrogen (secondary N) is 2. The molecule has 0 heterocycles. The van der Waals surface area contributed by atoms with E-state index >= 15 is 0 Å². The Morgan fingerprint density at radius 2 is 0.688 bits per heavy atom. The SMILES string of the molecule is C.CSCC(CSC)=NOCCOCCOCCOCCOCCC(=O)NCCN(CCNC(=O)CCOCCOCCOCCOCCON=C(CSC)CSC)C(=O)CCOCCOCCOCCOCCN=[N+]=[N-]. The summed E-state index contributed by atoms with van der Waals surface area (Å²) in [5, 5.41) is 17.4. The molecule has 0 atom stereocenters. The number of amides is 3. The van der Waals surface area contributed by atoms with Gasteiger partial charge >= 0.3 is 0 Å². The summed E-state index contributed by atoms with van der Waals surface area (Å²) in [6.07, 6.45) is 8.53. The van der Waals surface area contributed by atoms with E-state index in [-0.39, 0.29) is 104 Å². The Bertz CT molecular complexity index is 1370. The summed E-state index contributed by atoms with van der Waals surface area (Å²) in [7, 11) is 0. The van der Waals surface area contributed by atoms with Crippen LogP contribution in [-0.4, -0.2) is 287 Å². The molecule has 0 aliphatic heterocycles. The van der Waals surface area contributed by atoms with E-state index in [9.17, 15) is 14.4 Å². The summed E-state index contributed by atoms with van der Waals surface area (Å²) < 4.78 is 66.0. The molecule has 0 saturated heterocycles. The van der Waals surface area contributed by atoms with Crippen LogP contribution >= 0.6 is 47.0 Å². The summed E-state index contributed by atoms with van der Waals surface area (Å²) >= 11 is 6.85. The second kappa shape index (κ2) is 64.4. The van der Waals surface area contributed by atoms with Gasteiger partial charge in [-0.15, -0.1) is 0 Å². The summed E-state index contributed by atoms with van der Waals surface area (Å²) in [4.78, 5) is 53.2. The first-order chi connectivity index (χ1) is 37.4. The zero-order chi connectivity index (χ0) is 55.3.